The van der Waals surface area contributed by atoms with Gasteiger partial charge in [0, 0.05) is 18.6 Å². The van der Waals surface area contributed by atoms with Crippen LogP contribution in [0, 0.1) is 23.7 Å². The van der Waals surface area contributed by atoms with Crippen LogP contribution >= 0.6 is 0 Å². The fourth-order valence-electron chi connectivity index (χ4n) is 4.17. The Hall–Kier alpha value is -0.0800. The smallest absolute Gasteiger partial charge is 0.0510 e. The van der Waals surface area contributed by atoms with Gasteiger partial charge < -0.3 is 10.1 Å². The summed E-state index contributed by atoms with van der Waals surface area (Å²) < 4.78 is 5.58. The fourth-order valence-corrected chi connectivity index (χ4v) is 4.17. The summed E-state index contributed by atoms with van der Waals surface area (Å²) in [4.78, 5) is 0. The molecule has 1 aliphatic heterocycles. The molecule has 4 atom stereocenters. The summed E-state index contributed by atoms with van der Waals surface area (Å²) in [5.41, 5.74) is 0. The van der Waals surface area contributed by atoms with E-state index in [1.165, 1.54) is 38.6 Å². The lowest BCUT2D eigenvalue weighted by Crippen LogP contribution is -2.40. The number of hydrogen-bond donors (Lipinski definition) is 1. The second kappa shape index (κ2) is 4.66. The van der Waals surface area contributed by atoms with Crippen LogP contribution in [0.1, 0.15) is 39.0 Å². The van der Waals surface area contributed by atoms with Crippen LogP contribution in [0.5, 0.6) is 0 Å². The van der Waals surface area contributed by atoms with Gasteiger partial charge in [0.05, 0.1) is 6.61 Å². The minimum absolute atomic E-state index is 0.776. The average molecular weight is 223 g/mol. The zero-order valence-electron chi connectivity index (χ0n) is 10.5. The summed E-state index contributed by atoms with van der Waals surface area (Å²) in [5.74, 6) is 3.97. The highest BCUT2D eigenvalue weighted by Gasteiger charge is 2.57. The van der Waals surface area contributed by atoms with Gasteiger partial charge in [-0.1, -0.05) is 13.3 Å². The molecule has 2 heteroatoms. The summed E-state index contributed by atoms with van der Waals surface area (Å²) in [5, 5.41) is 3.82. The van der Waals surface area contributed by atoms with Crippen molar-refractivity contribution in [2.24, 2.45) is 23.7 Å². The first kappa shape index (κ1) is 11.0. The molecule has 4 unspecified atom stereocenters. The van der Waals surface area contributed by atoms with E-state index in [0.29, 0.717) is 0 Å². The molecule has 0 bridgehead atoms. The predicted molar refractivity (Wildman–Crippen MR) is 65.3 cm³/mol. The van der Waals surface area contributed by atoms with Crippen LogP contribution in [0.15, 0.2) is 0 Å². The van der Waals surface area contributed by atoms with Gasteiger partial charge in [-0.2, -0.15) is 0 Å². The van der Waals surface area contributed by atoms with Crippen LogP contribution in [-0.4, -0.2) is 25.8 Å². The molecule has 2 saturated carbocycles. The average Bonchev–Trinajstić information content (AvgIpc) is 2.79. The van der Waals surface area contributed by atoms with Gasteiger partial charge >= 0.3 is 0 Å². The van der Waals surface area contributed by atoms with E-state index in [0.717, 1.165) is 42.9 Å². The third-order valence-corrected chi connectivity index (χ3v) is 4.99. The number of rotatable bonds is 5. The fraction of sp³-hybridized carbons (Fsp3) is 1.00. The zero-order valence-corrected chi connectivity index (χ0v) is 10.5. The van der Waals surface area contributed by atoms with E-state index in [4.69, 9.17) is 4.74 Å². The Morgan fingerprint density at radius 1 is 1.25 bits per heavy atom. The highest BCUT2D eigenvalue weighted by atomic mass is 16.5. The molecule has 3 aliphatic rings. The molecule has 0 aromatic carbocycles. The monoisotopic (exact) mass is 223 g/mol. The van der Waals surface area contributed by atoms with Gasteiger partial charge in [-0.25, -0.2) is 0 Å². The van der Waals surface area contributed by atoms with Gasteiger partial charge in [-0.05, 0) is 50.0 Å². The van der Waals surface area contributed by atoms with Gasteiger partial charge in [0.1, 0.15) is 0 Å². The van der Waals surface area contributed by atoms with Crippen molar-refractivity contribution in [3.8, 4) is 0 Å². The van der Waals surface area contributed by atoms with E-state index in [9.17, 15) is 0 Å². The molecule has 1 N–H and O–H groups in total. The topological polar surface area (TPSA) is 21.3 Å². The molecule has 3 rings (SSSR count). The maximum atomic E-state index is 5.58. The number of nitrogens with one attached hydrogen (secondary N) is 1. The van der Waals surface area contributed by atoms with Crippen molar-refractivity contribution < 1.29 is 4.74 Å². The second-order valence-electron chi connectivity index (χ2n) is 5.94. The lowest BCUT2D eigenvalue weighted by atomic mass is 9.91. The first-order valence-electron chi connectivity index (χ1n) is 7.23. The Bertz CT molecular complexity index is 227. The molecule has 2 nitrogen and oxygen atoms in total. The Labute approximate surface area is 99.1 Å². The summed E-state index contributed by atoms with van der Waals surface area (Å²) in [6.45, 7) is 5.47. The molecule has 1 heterocycles. The van der Waals surface area contributed by atoms with Crippen molar-refractivity contribution >= 4 is 0 Å². The molecule has 0 aromatic rings. The number of fused-ring (bicyclic) bond motifs is 1. The SMILES string of the molecule is CCCNC(C1CCOC1)C1C2CCCC21. The van der Waals surface area contributed by atoms with E-state index in [2.05, 4.69) is 12.2 Å². The quantitative estimate of drug-likeness (QED) is 0.773. The van der Waals surface area contributed by atoms with Crippen LogP contribution in [-0.2, 0) is 4.74 Å². The third-order valence-electron chi connectivity index (χ3n) is 4.99. The molecule has 1 saturated heterocycles. The second-order valence-corrected chi connectivity index (χ2v) is 5.94. The van der Waals surface area contributed by atoms with Crippen LogP contribution in [0.2, 0.25) is 0 Å². The van der Waals surface area contributed by atoms with Gasteiger partial charge in [-0.15, -0.1) is 0 Å². The molecule has 0 spiro atoms. The number of ether oxygens (including phenoxy) is 1. The van der Waals surface area contributed by atoms with Crippen LogP contribution in [0.25, 0.3) is 0 Å². The highest BCUT2D eigenvalue weighted by Crippen LogP contribution is 2.60. The minimum Gasteiger partial charge on any atom is -0.381 e. The summed E-state index contributed by atoms with van der Waals surface area (Å²) in [6.07, 6.45) is 7.05. The van der Waals surface area contributed by atoms with Crippen LogP contribution in [0.4, 0.5) is 0 Å². The standard InChI is InChI=1S/C14H25NO/c1-2-7-15-14(10-6-8-16-9-10)13-11-4-3-5-12(11)13/h10-15H,2-9H2,1H3. The molecule has 92 valence electrons. The van der Waals surface area contributed by atoms with Crippen molar-refractivity contribution in [1.29, 1.82) is 0 Å². The third kappa shape index (κ3) is 1.91. The van der Waals surface area contributed by atoms with Gasteiger partial charge in [0.25, 0.3) is 0 Å². The maximum absolute atomic E-state index is 5.58. The lowest BCUT2D eigenvalue weighted by Gasteiger charge is -2.25. The molecule has 0 amide bonds. The molecule has 0 aromatic heterocycles. The summed E-state index contributed by atoms with van der Waals surface area (Å²) in [6, 6.07) is 0.776. The van der Waals surface area contributed by atoms with E-state index < -0.39 is 0 Å². The van der Waals surface area contributed by atoms with E-state index in [-0.39, 0.29) is 0 Å². The Kier molecular flexibility index (Phi) is 3.21. The van der Waals surface area contributed by atoms with Gasteiger partial charge in [0.2, 0.25) is 0 Å². The van der Waals surface area contributed by atoms with Crippen LogP contribution < -0.4 is 5.32 Å². The first-order chi connectivity index (χ1) is 7.92. The lowest BCUT2D eigenvalue weighted by molar-refractivity contribution is 0.170. The van der Waals surface area contributed by atoms with Gasteiger partial charge in [-0.3, -0.25) is 0 Å². The summed E-state index contributed by atoms with van der Waals surface area (Å²) >= 11 is 0. The predicted octanol–water partition coefficient (Wildman–Crippen LogP) is 2.44. The molecule has 0 radical (unpaired) electrons. The van der Waals surface area contributed by atoms with E-state index >= 15 is 0 Å². The molecule has 3 fully saturated rings. The molecular formula is C14H25NO. The molecule has 16 heavy (non-hydrogen) atoms. The molecular weight excluding hydrogens is 198 g/mol. The van der Waals surface area contributed by atoms with Crippen molar-refractivity contribution in [3.63, 3.8) is 0 Å². The van der Waals surface area contributed by atoms with E-state index in [1.54, 1.807) is 0 Å². The largest absolute Gasteiger partial charge is 0.381 e. The zero-order chi connectivity index (χ0) is 11.0. The maximum Gasteiger partial charge on any atom is 0.0510 e. The Balaban J connectivity index is 1.60. The van der Waals surface area contributed by atoms with E-state index in [1.807, 2.05) is 0 Å². The van der Waals surface area contributed by atoms with Crippen molar-refractivity contribution in [2.75, 3.05) is 19.8 Å². The first-order valence-corrected chi connectivity index (χ1v) is 7.23. The Morgan fingerprint density at radius 2 is 2.06 bits per heavy atom. The molecule has 2 aliphatic carbocycles. The minimum atomic E-state index is 0.776. The normalized spacial score (nSPS) is 43.3. The van der Waals surface area contributed by atoms with Crippen LogP contribution in [0.3, 0.4) is 0 Å². The van der Waals surface area contributed by atoms with Gasteiger partial charge in [0.15, 0.2) is 0 Å². The van der Waals surface area contributed by atoms with Crippen molar-refractivity contribution in [1.82, 2.24) is 5.32 Å². The summed E-state index contributed by atoms with van der Waals surface area (Å²) in [7, 11) is 0. The highest BCUT2D eigenvalue weighted by molar-refractivity contribution is 5.08. The number of hydrogen-bond acceptors (Lipinski definition) is 2. The van der Waals surface area contributed by atoms with Crippen molar-refractivity contribution in [2.45, 2.75) is 45.1 Å². The van der Waals surface area contributed by atoms with Crippen molar-refractivity contribution in [3.05, 3.63) is 0 Å². The Morgan fingerprint density at radius 3 is 2.69 bits per heavy atom.